The number of nitrogens with zero attached hydrogens (tertiary/aromatic N) is 5. The molecule has 1 aliphatic heterocycles. The molecule has 0 bridgehead atoms. The zero-order valence-corrected chi connectivity index (χ0v) is 19.5. The van der Waals surface area contributed by atoms with Crippen molar-refractivity contribution in [3.63, 3.8) is 0 Å². The number of aliphatic hydroxyl groups is 1. The first-order chi connectivity index (χ1) is 17.3. The number of esters is 1. The maximum Gasteiger partial charge on any atom is 0.437 e. The summed E-state index contributed by atoms with van der Waals surface area (Å²) < 4.78 is 24.6. The summed E-state index contributed by atoms with van der Waals surface area (Å²) in [6.45, 7) is 1.78. The molecule has 0 saturated carbocycles. The number of guanidine groups is 1. The quantitative estimate of drug-likeness (QED) is 0.178. The molecular weight excluding hydrogens is 477 g/mol. The summed E-state index contributed by atoms with van der Waals surface area (Å²) in [5.41, 5.74) is 11.8. The summed E-state index contributed by atoms with van der Waals surface area (Å²) in [6.07, 6.45) is 1.95. The Kier molecular flexibility index (Phi) is 9.05. The second kappa shape index (κ2) is 12.4. The lowest BCUT2D eigenvalue weighted by Crippen LogP contribution is -2.48. The van der Waals surface area contributed by atoms with E-state index in [0.29, 0.717) is 24.6 Å². The number of aromatic nitrogens is 2. The maximum atomic E-state index is 14.9. The number of carbonyl (C=O) groups excluding carboxylic acids is 2. The van der Waals surface area contributed by atoms with Crippen molar-refractivity contribution in [2.75, 3.05) is 37.8 Å². The number of carbonyl (C=O) groups is 2. The molecule has 1 saturated heterocycles. The van der Waals surface area contributed by atoms with Gasteiger partial charge < -0.3 is 35.8 Å². The van der Waals surface area contributed by atoms with Crippen molar-refractivity contribution in [2.24, 2.45) is 27.5 Å². The molecule has 1 aromatic heterocycles. The van der Waals surface area contributed by atoms with Gasteiger partial charge in [-0.15, -0.1) is 4.99 Å². The van der Waals surface area contributed by atoms with Crippen LogP contribution < -0.4 is 16.4 Å². The first-order valence-corrected chi connectivity index (χ1v) is 10.8. The smallest absolute Gasteiger partial charge is 0.437 e. The minimum absolute atomic E-state index is 0.0512. The summed E-state index contributed by atoms with van der Waals surface area (Å²) >= 11 is 0. The van der Waals surface area contributed by atoms with Crippen LogP contribution in [0.3, 0.4) is 0 Å². The van der Waals surface area contributed by atoms with Gasteiger partial charge in [0.25, 0.3) is 0 Å². The summed E-state index contributed by atoms with van der Waals surface area (Å²) in [6, 6.07) is 4.64. The molecule has 1 atom stereocenters. The third kappa shape index (κ3) is 7.33. The van der Waals surface area contributed by atoms with Gasteiger partial charge in [-0.3, -0.25) is 4.79 Å². The van der Waals surface area contributed by atoms with Crippen molar-refractivity contribution in [2.45, 2.75) is 13.5 Å². The van der Waals surface area contributed by atoms with E-state index < -0.39 is 23.8 Å². The van der Waals surface area contributed by atoms with Gasteiger partial charge in [-0.2, -0.15) is 0 Å². The molecule has 14 heteroatoms. The highest BCUT2D eigenvalue weighted by atomic mass is 19.1. The fourth-order valence-corrected chi connectivity index (χ4v) is 3.03. The molecule has 0 radical (unpaired) electrons. The fourth-order valence-electron chi connectivity index (χ4n) is 3.03. The Hall–Kier alpha value is -4.33. The van der Waals surface area contributed by atoms with Crippen molar-refractivity contribution in [1.82, 2.24) is 9.97 Å². The number of rotatable bonds is 10. The second-order valence-corrected chi connectivity index (χ2v) is 7.80. The molecule has 36 heavy (non-hydrogen) atoms. The van der Waals surface area contributed by atoms with E-state index >= 15 is 0 Å². The Labute approximate surface area is 205 Å². The molecular formula is C22H26FN7O6. The Morgan fingerprint density at radius 2 is 1.92 bits per heavy atom. The highest BCUT2D eigenvalue weighted by Gasteiger charge is 2.25. The summed E-state index contributed by atoms with van der Waals surface area (Å²) in [5, 5.41) is 13.3. The maximum absolute atomic E-state index is 14.9. The predicted molar refractivity (Wildman–Crippen MR) is 126 cm³/mol. The van der Waals surface area contributed by atoms with Crippen LogP contribution in [-0.4, -0.2) is 71.7 Å². The number of benzene rings is 1. The van der Waals surface area contributed by atoms with Crippen LogP contribution in [-0.2, 0) is 25.7 Å². The molecule has 0 spiro atoms. The normalized spacial score (nSPS) is 13.3. The van der Waals surface area contributed by atoms with Gasteiger partial charge in [0.05, 0.1) is 37.9 Å². The number of aliphatic hydroxyl groups excluding tert-OH is 1. The first kappa shape index (κ1) is 26.3. The first-order valence-electron chi connectivity index (χ1n) is 10.8. The summed E-state index contributed by atoms with van der Waals surface area (Å²) in [4.78, 5) is 41.2. The average Bonchev–Trinajstić information content (AvgIpc) is 2.81. The van der Waals surface area contributed by atoms with E-state index in [0.717, 1.165) is 5.71 Å². The number of hydrogen-bond donors (Lipinski definition) is 3. The van der Waals surface area contributed by atoms with E-state index in [1.54, 1.807) is 12.1 Å². The number of halogens is 1. The topological polar surface area (TPSA) is 188 Å². The highest BCUT2D eigenvalue weighted by Crippen LogP contribution is 2.26. The molecule has 1 aliphatic rings. The molecule has 1 amide bonds. The lowest BCUT2D eigenvalue weighted by Gasteiger charge is -2.32. The summed E-state index contributed by atoms with van der Waals surface area (Å²) in [7, 11) is 0. The molecule has 0 aliphatic carbocycles. The third-order valence-corrected chi connectivity index (χ3v) is 4.91. The van der Waals surface area contributed by atoms with E-state index in [-0.39, 0.29) is 43.5 Å². The largest absolute Gasteiger partial charge is 0.465 e. The van der Waals surface area contributed by atoms with Crippen LogP contribution >= 0.6 is 0 Å². The van der Waals surface area contributed by atoms with Gasteiger partial charge in [0.2, 0.25) is 5.95 Å². The van der Waals surface area contributed by atoms with Crippen LogP contribution in [0, 0.1) is 11.7 Å². The van der Waals surface area contributed by atoms with Gasteiger partial charge in [-0.05, 0) is 0 Å². The van der Waals surface area contributed by atoms with Crippen molar-refractivity contribution in [3.8, 4) is 11.1 Å². The predicted octanol–water partition coefficient (Wildman–Crippen LogP) is 0.557. The van der Waals surface area contributed by atoms with Gasteiger partial charge >= 0.3 is 12.1 Å². The van der Waals surface area contributed by atoms with Crippen LogP contribution in [0.15, 0.2) is 40.7 Å². The van der Waals surface area contributed by atoms with Crippen LogP contribution in [0.2, 0.25) is 0 Å². The number of amides is 1. The van der Waals surface area contributed by atoms with Crippen LogP contribution in [0.1, 0.15) is 12.5 Å². The van der Waals surface area contributed by atoms with Crippen molar-refractivity contribution in [1.29, 1.82) is 0 Å². The van der Waals surface area contributed by atoms with E-state index in [9.17, 15) is 19.1 Å². The number of hydrogen-bond acceptors (Lipinski definition) is 10. The number of ether oxygens (including phenoxy) is 2. The molecule has 13 nitrogen and oxygen atoms in total. The lowest BCUT2D eigenvalue weighted by molar-refractivity contribution is -0.143. The van der Waals surface area contributed by atoms with Gasteiger partial charge in [-0.25, -0.2) is 19.2 Å². The molecule has 1 unspecified atom stereocenters. The standard InChI is InChI=1S/C22H26FN7O6/c1-13(32)34-10-14(9-31)11-36-29-17-7-30(8-17)21-26-5-16(6-27-21)18-4-2-3-15(19(18)23)12-35-22(33)28-20(24)25/h2-6,14,31H,7-12H2,1H3,(H4,24,25,28,33). The van der Waals surface area contributed by atoms with Gasteiger partial charge in [0, 0.05) is 36.0 Å². The van der Waals surface area contributed by atoms with Crippen LogP contribution in [0.5, 0.6) is 0 Å². The Morgan fingerprint density at radius 3 is 2.56 bits per heavy atom. The Morgan fingerprint density at radius 1 is 1.19 bits per heavy atom. The van der Waals surface area contributed by atoms with Crippen LogP contribution in [0.4, 0.5) is 15.1 Å². The van der Waals surface area contributed by atoms with Crippen molar-refractivity contribution in [3.05, 3.63) is 42.0 Å². The number of anilines is 1. The SMILES string of the molecule is CC(=O)OCC(CO)CON=C1CN(c2ncc(-c3cccc(COC(=O)N=C(N)N)c3F)cn2)C1. The number of aliphatic imine (C=N–C) groups is 1. The zero-order chi connectivity index (χ0) is 26.1. The molecule has 1 fully saturated rings. The van der Waals surface area contributed by atoms with Crippen molar-refractivity contribution >= 4 is 29.7 Å². The average molecular weight is 503 g/mol. The van der Waals surface area contributed by atoms with E-state index in [2.05, 4.69) is 20.1 Å². The lowest BCUT2D eigenvalue weighted by atomic mass is 10.1. The minimum Gasteiger partial charge on any atom is -0.465 e. The van der Waals surface area contributed by atoms with Crippen molar-refractivity contribution < 1.29 is 33.4 Å². The molecule has 192 valence electrons. The van der Waals surface area contributed by atoms with Gasteiger partial charge in [-0.1, -0.05) is 23.4 Å². The third-order valence-electron chi connectivity index (χ3n) is 4.91. The van der Waals surface area contributed by atoms with E-state index in [1.807, 2.05) is 4.90 Å². The molecule has 2 heterocycles. The van der Waals surface area contributed by atoms with E-state index in [1.165, 1.54) is 25.4 Å². The zero-order valence-electron chi connectivity index (χ0n) is 19.5. The van der Waals surface area contributed by atoms with Gasteiger partial charge in [0.15, 0.2) is 5.96 Å². The number of oxime groups is 1. The molecule has 3 rings (SSSR count). The fraction of sp³-hybridized carbons (Fsp3) is 0.364. The second-order valence-electron chi connectivity index (χ2n) is 7.80. The Bertz CT molecular complexity index is 1130. The number of nitrogens with two attached hydrogens (primary N) is 2. The Balaban J connectivity index is 1.53. The monoisotopic (exact) mass is 503 g/mol. The summed E-state index contributed by atoms with van der Waals surface area (Å²) in [5.74, 6) is -1.40. The molecule has 1 aromatic carbocycles. The van der Waals surface area contributed by atoms with Gasteiger partial charge in [0.1, 0.15) is 19.0 Å². The molecule has 5 N–H and O–H groups in total. The minimum atomic E-state index is -1.02. The van der Waals surface area contributed by atoms with E-state index in [4.69, 9.17) is 25.8 Å². The molecule has 2 aromatic rings. The highest BCUT2D eigenvalue weighted by molar-refractivity contribution is 5.98. The van der Waals surface area contributed by atoms with Crippen LogP contribution in [0.25, 0.3) is 11.1 Å².